The fraction of sp³-hybridized carbons (Fsp3) is 0.143. The van der Waals surface area contributed by atoms with Crippen molar-refractivity contribution in [3.63, 3.8) is 0 Å². The highest BCUT2D eigenvalue weighted by molar-refractivity contribution is 8.15. The number of thioether (sulfide) groups is 1. The van der Waals surface area contributed by atoms with Gasteiger partial charge in [0, 0.05) is 22.4 Å². The maximum Gasteiger partial charge on any atom is 0.286 e. The molecular formula is C14H10ClN3O3S2. The van der Waals surface area contributed by atoms with Crippen molar-refractivity contribution < 1.29 is 14.4 Å². The van der Waals surface area contributed by atoms with E-state index in [-0.39, 0.29) is 12.3 Å². The van der Waals surface area contributed by atoms with Crippen LogP contribution in [-0.2, 0) is 9.59 Å². The molecule has 118 valence electrons. The minimum Gasteiger partial charge on any atom is -0.302 e. The van der Waals surface area contributed by atoms with Gasteiger partial charge >= 0.3 is 0 Å². The Bertz CT molecular complexity index is 793. The Morgan fingerprint density at radius 1 is 1.35 bits per heavy atom. The first-order chi connectivity index (χ1) is 11.0. The number of thiazole rings is 1. The third-order valence-electron chi connectivity index (χ3n) is 3.04. The van der Waals surface area contributed by atoms with E-state index < -0.39 is 16.4 Å². The summed E-state index contributed by atoms with van der Waals surface area (Å²) < 4.78 is 0. The van der Waals surface area contributed by atoms with Crippen LogP contribution in [0.15, 0.2) is 29.6 Å². The number of benzene rings is 1. The van der Waals surface area contributed by atoms with Crippen LogP contribution in [0.2, 0.25) is 5.02 Å². The Balaban J connectivity index is 1.65. The average Bonchev–Trinajstić information content (AvgIpc) is 3.06. The van der Waals surface area contributed by atoms with Crippen LogP contribution in [0.1, 0.15) is 6.42 Å². The van der Waals surface area contributed by atoms with Crippen LogP contribution in [0.3, 0.4) is 0 Å². The molecule has 0 radical (unpaired) electrons. The van der Waals surface area contributed by atoms with Crippen molar-refractivity contribution in [1.29, 1.82) is 0 Å². The zero-order valence-electron chi connectivity index (χ0n) is 11.5. The third-order valence-corrected chi connectivity index (χ3v) is 5.11. The van der Waals surface area contributed by atoms with Crippen LogP contribution < -0.4 is 10.6 Å². The monoisotopic (exact) mass is 367 g/mol. The van der Waals surface area contributed by atoms with Crippen LogP contribution in [0, 0.1) is 0 Å². The van der Waals surface area contributed by atoms with Crippen LogP contribution >= 0.6 is 34.7 Å². The summed E-state index contributed by atoms with van der Waals surface area (Å²) in [4.78, 5) is 38.8. The zero-order valence-corrected chi connectivity index (χ0v) is 13.9. The van der Waals surface area contributed by atoms with E-state index in [0.29, 0.717) is 15.8 Å². The van der Waals surface area contributed by atoms with Gasteiger partial charge in [-0.25, -0.2) is 4.98 Å². The van der Waals surface area contributed by atoms with Gasteiger partial charge in [-0.2, -0.15) is 0 Å². The number of nitrogens with zero attached hydrogens (tertiary/aromatic N) is 1. The number of nitrogens with one attached hydrogen (secondary N) is 2. The number of carbonyl (C=O) groups excluding carboxylic acids is 3. The predicted molar refractivity (Wildman–Crippen MR) is 90.7 cm³/mol. The van der Waals surface area contributed by atoms with Gasteiger partial charge in [-0.15, -0.1) is 11.3 Å². The normalized spacial score (nSPS) is 17.2. The van der Waals surface area contributed by atoms with Gasteiger partial charge in [0.05, 0.1) is 5.69 Å². The average molecular weight is 368 g/mol. The van der Waals surface area contributed by atoms with Gasteiger partial charge in [-0.1, -0.05) is 41.6 Å². The van der Waals surface area contributed by atoms with Gasteiger partial charge in [0.25, 0.3) is 5.24 Å². The number of imide groups is 1. The molecule has 1 aromatic heterocycles. The van der Waals surface area contributed by atoms with Gasteiger partial charge in [0.1, 0.15) is 5.25 Å². The smallest absolute Gasteiger partial charge is 0.286 e. The zero-order chi connectivity index (χ0) is 16.4. The van der Waals surface area contributed by atoms with Crippen molar-refractivity contribution in [3.8, 4) is 11.3 Å². The van der Waals surface area contributed by atoms with E-state index >= 15 is 0 Å². The van der Waals surface area contributed by atoms with Crippen molar-refractivity contribution >= 4 is 56.9 Å². The molecule has 6 nitrogen and oxygen atoms in total. The second-order valence-electron chi connectivity index (χ2n) is 4.65. The van der Waals surface area contributed by atoms with Crippen LogP contribution in [0.5, 0.6) is 0 Å². The van der Waals surface area contributed by atoms with E-state index in [1.54, 1.807) is 11.4 Å². The highest BCUT2D eigenvalue weighted by Crippen LogP contribution is 2.30. The lowest BCUT2D eigenvalue weighted by Gasteiger charge is -2.04. The molecule has 1 aliphatic rings. The van der Waals surface area contributed by atoms with Crippen molar-refractivity contribution in [1.82, 2.24) is 10.3 Å². The molecule has 1 aromatic carbocycles. The third kappa shape index (κ3) is 3.72. The lowest BCUT2D eigenvalue weighted by Crippen LogP contribution is -2.27. The summed E-state index contributed by atoms with van der Waals surface area (Å²) in [5.41, 5.74) is 1.45. The van der Waals surface area contributed by atoms with E-state index in [0.717, 1.165) is 17.3 Å². The number of carbonyl (C=O) groups is 3. The largest absolute Gasteiger partial charge is 0.302 e. The minimum atomic E-state index is -0.689. The van der Waals surface area contributed by atoms with Gasteiger partial charge in [0.15, 0.2) is 5.13 Å². The molecule has 23 heavy (non-hydrogen) atoms. The first kappa shape index (κ1) is 16.0. The number of amides is 3. The summed E-state index contributed by atoms with van der Waals surface area (Å²) in [5.74, 6) is -0.807. The Kier molecular flexibility index (Phi) is 4.65. The predicted octanol–water partition coefficient (Wildman–Crippen LogP) is 3.14. The van der Waals surface area contributed by atoms with Gasteiger partial charge in [-0.05, 0) is 6.07 Å². The van der Waals surface area contributed by atoms with Crippen molar-refractivity contribution in [2.24, 2.45) is 0 Å². The Hall–Kier alpha value is -1.90. The molecule has 0 bridgehead atoms. The Morgan fingerprint density at radius 3 is 2.83 bits per heavy atom. The molecule has 2 N–H and O–H groups in total. The number of rotatable bonds is 4. The molecule has 1 unspecified atom stereocenters. The summed E-state index contributed by atoms with van der Waals surface area (Å²) in [6.07, 6.45) is -0.0801. The van der Waals surface area contributed by atoms with E-state index in [2.05, 4.69) is 15.6 Å². The number of hydrogen-bond acceptors (Lipinski definition) is 6. The number of halogens is 1. The Labute approximate surface area is 144 Å². The second-order valence-corrected chi connectivity index (χ2v) is 7.09. The summed E-state index contributed by atoms with van der Waals surface area (Å²) in [6.45, 7) is 0. The van der Waals surface area contributed by atoms with Crippen molar-refractivity contribution in [3.05, 3.63) is 34.7 Å². The molecule has 0 aliphatic carbocycles. The molecule has 1 aliphatic heterocycles. The molecule has 2 aromatic rings. The quantitative estimate of drug-likeness (QED) is 0.866. The van der Waals surface area contributed by atoms with E-state index in [9.17, 15) is 14.4 Å². The van der Waals surface area contributed by atoms with Crippen molar-refractivity contribution in [2.75, 3.05) is 5.32 Å². The maximum absolute atomic E-state index is 12.0. The van der Waals surface area contributed by atoms with Crippen molar-refractivity contribution in [2.45, 2.75) is 11.7 Å². The topological polar surface area (TPSA) is 88.2 Å². The van der Waals surface area contributed by atoms with Crippen LogP contribution in [0.4, 0.5) is 9.93 Å². The lowest BCUT2D eigenvalue weighted by atomic mass is 10.2. The molecule has 3 rings (SSSR count). The molecule has 0 spiro atoms. The van der Waals surface area contributed by atoms with Gasteiger partial charge < -0.3 is 5.32 Å². The lowest BCUT2D eigenvalue weighted by molar-refractivity contribution is -0.122. The second kappa shape index (κ2) is 6.69. The summed E-state index contributed by atoms with van der Waals surface area (Å²) >= 11 is 8.20. The molecule has 1 fully saturated rings. The number of aromatic nitrogens is 1. The molecule has 1 saturated heterocycles. The van der Waals surface area contributed by atoms with Gasteiger partial charge in [0.2, 0.25) is 11.8 Å². The molecule has 0 saturated carbocycles. The van der Waals surface area contributed by atoms with E-state index in [1.807, 2.05) is 18.2 Å². The summed E-state index contributed by atoms with van der Waals surface area (Å²) in [6, 6.07) is 7.29. The molecule has 2 heterocycles. The first-order valence-corrected chi connectivity index (χ1v) is 8.68. The first-order valence-electron chi connectivity index (χ1n) is 6.54. The maximum atomic E-state index is 12.0. The fourth-order valence-corrected chi connectivity index (χ4v) is 3.77. The highest BCUT2D eigenvalue weighted by Gasteiger charge is 2.33. The van der Waals surface area contributed by atoms with Gasteiger partial charge in [-0.3, -0.25) is 19.7 Å². The minimum absolute atomic E-state index is 0.0801. The van der Waals surface area contributed by atoms with E-state index in [4.69, 9.17) is 11.6 Å². The highest BCUT2D eigenvalue weighted by atomic mass is 35.5. The molecular weight excluding hydrogens is 358 g/mol. The molecule has 9 heteroatoms. The number of anilines is 1. The Morgan fingerprint density at radius 2 is 2.13 bits per heavy atom. The van der Waals surface area contributed by atoms with E-state index in [1.165, 1.54) is 11.3 Å². The standard InChI is InChI=1S/C14H10ClN3O3S2/c15-8-4-2-1-3-7(8)9-6-22-13(16-9)17-11(19)5-10-12(20)18-14(21)23-10/h1-4,6,10H,5H2,(H,16,17,19)(H,18,20,21). The van der Waals surface area contributed by atoms with Crippen LogP contribution in [0.25, 0.3) is 11.3 Å². The number of hydrogen-bond donors (Lipinski definition) is 2. The summed E-state index contributed by atoms with van der Waals surface area (Å²) in [5, 5.41) is 6.45. The van der Waals surface area contributed by atoms with Crippen LogP contribution in [-0.4, -0.2) is 27.3 Å². The molecule has 3 amide bonds. The SMILES string of the molecule is O=C(CC1SC(=O)NC1=O)Nc1nc(-c2ccccc2Cl)cs1. The molecule has 1 atom stereocenters. The summed E-state index contributed by atoms with van der Waals surface area (Å²) in [7, 11) is 0. The fourth-order valence-electron chi connectivity index (χ4n) is 1.99.